The normalized spacial score (nSPS) is 16.8. The number of halogens is 1. The number of pyridine rings is 1. The Labute approximate surface area is 222 Å². The van der Waals surface area contributed by atoms with Crippen molar-refractivity contribution < 1.29 is 18.5 Å². The van der Waals surface area contributed by atoms with Crippen LogP contribution in [0.2, 0.25) is 0 Å². The second-order valence-corrected chi connectivity index (χ2v) is 8.99. The zero-order chi connectivity index (χ0) is 26.6. The molecule has 2 N–H and O–H groups in total. The van der Waals surface area contributed by atoms with E-state index in [1.54, 1.807) is 36.5 Å². The standard InChI is InChI=1S/C27H22FN5O4S/c28-19-5-1-2-6-20(19)30-24(34)14-16-32-26(25(31-27(32)38)21-7-3-4-15-29-21)23-13-12-22(37-23)17-8-10-18(11-9-17)33(35)36/h1-13,15,25-26H,14,16H2,(H,30,34)(H,31,38). The van der Waals surface area contributed by atoms with E-state index in [0.717, 1.165) is 5.69 Å². The van der Waals surface area contributed by atoms with Crippen molar-refractivity contribution in [3.63, 3.8) is 0 Å². The summed E-state index contributed by atoms with van der Waals surface area (Å²) >= 11 is 5.63. The molecule has 1 aliphatic heterocycles. The second kappa shape index (κ2) is 10.8. The predicted octanol–water partition coefficient (Wildman–Crippen LogP) is 5.39. The van der Waals surface area contributed by atoms with Gasteiger partial charge >= 0.3 is 0 Å². The van der Waals surface area contributed by atoms with Crippen LogP contribution in [0.4, 0.5) is 15.8 Å². The van der Waals surface area contributed by atoms with Crippen molar-refractivity contribution in [1.29, 1.82) is 0 Å². The Kier molecular flexibility index (Phi) is 7.09. The summed E-state index contributed by atoms with van der Waals surface area (Å²) in [5.41, 5.74) is 1.52. The first-order chi connectivity index (χ1) is 18.4. The van der Waals surface area contributed by atoms with Gasteiger partial charge in [0, 0.05) is 36.9 Å². The van der Waals surface area contributed by atoms with E-state index < -0.39 is 16.8 Å². The minimum atomic E-state index is -0.512. The van der Waals surface area contributed by atoms with Gasteiger partial charge in [0.05, 0.1) is 22.3 Å². The van der Waals surface area contributed by atoms with Crippen molar-refractivity contribution in [2.24, 2.45) is 0 Å². The minimum Gasteiger partial charge on any atom is -0.459 e. The summed E-state index contributed by atoms with van der Waals surface area (Å²) in [5.74, 6) is 0.242. The number of thiocarbonyl (C=S) groups is 1. The van der Waals surface area contributed by atoms with E-state index in [2.05, 4.69) is 15.6 Å². The molecule has 9 nitrogen and oxygen atoms in total. The summed E-state index contributed by atoms with van der Waals surface area (Å²) in [7, 11) is 0. The first kappa shape index (κ1) is 25.0. The van der Waals surface area contributed by atoms with Crippen LogP contribution in [-0.2, 0) is 4.79 Å². The van der Waals surface area contributed by atoms with Gasteiger partial charge in [-0.1, -0.05) is 18.2 Å². The van der Waals surface area contributed by atoms with Gasteiger partial charge in [0.1, 0.15) is 23.4 Å². The highest BCUT2D eigenvalue weighted by Gasteiger charge is 2.41. The lowest BCUT2D eigenvalue weighted by Crippen LogP contribution is -2.32. The SMILES string of the molecule is O=C(CCN1C(=S)NC(c2ccccn2)C1c1ccc(-c2ccc([N+](=O)[O-])cc2)o1)Nc1ccccc1F. The van der Waals surface area contributed by atoms with Crippen molar-refractivity contribution in [3.8, 4) is 11.3 Å². The lowest BCUT2D eigenvalue weighted by molar-refractivity contribution is -0.384. The highest BCUT2D eigenvalue weighted by molar-refractivity contribution is 7.80. The zero-order valence-corrected chi connectivity index (χ0v) is 20.7. The number of nitrogens with zero attached hydrogens (tertiary/aromatic N) is 3. The molecular formula is C27H22FN5O4S. The lowest BCUT2D eigenvalue weighted by atomic mass is 10.0. The van der Waals surface area contributed by atoms with Crippen LogP contribution in [0.5, 0.6) is 0 Å². The average Bonchev–Trinajstić information content (AvgIpc) is 3.54. The van der Waals surface area contributed by atoms with Gasteiger partial charge in [0.15, 0.2) is 5.11 Å². The number of anilines is 1. The Bertz CT molecular complexity index is 1480. The molecule has 1 saturated heterocycles. The van der Waals surface area contributed by atoms with Gasteiger partial charge < -0.3 is 20.0 Å². The second-order valence-electron chi connectivity index (χ2n) is 8.60. The largest absolute Gasteiger partial charge is 0.459 e. The van der Waals surface area contributed by atoms with Crippen molar-refractivity contribution >= 4 is 34.6 Å². The number of hydrogen-bond donors (Lipinski definition) is 2. The van der Waals surface area contributed by atoms with Crippen LogP contribution >= 0.6 is 12.2 Å². The zero-order valence-electron chi connectivity index (χ0n) is 19.9. The van der Waals surface area contributed by atoms with Gasteiger partial charge in [-0.2, -0.15) is 0 Å². The molecule has 0 saturated carbocycles. The number of amides is 1. The van der Waals surface area contributed by atoms with E-state index in [-0.39, 0.29) is 36.3 Å². The molecule has 11 heteroatoms. The Morgan fingerprint density at radius 3 is 2.58 bits per heavy atom. The highest BCUT2D eigenvalue weighted by Crippen LogP contribution is 2.40. The van der Waals surface area contributed by atoms with Crippen LogP contribution in [0.25, 0.3) is 11.3 Å². The lowest BCUT2D eigenvalue weighted by Gasteiger charge is -2.25. The molecule has 2 aromatic carbocycles. The van der Waals surface area contributed by atoms with Crippen LogP contribution in [-0.4, -0.2) is 32.4 Å². The number of nitro groups is 1. The third kappa shape index (κ3) is 5.23. The Morgan fingerprint density at radius 2 is 1.87 bits per heavy atom. The molecule has 4 aromatic rings. The van der Waals surface area contributed by atoms with Crippen LogP contribution in [0.3, 0.4) is 0 Å². The molecule has 1 fully saturated rings. The molecule has 38 heavy (non-hydrogen) atoms. The predicted molar refractivity (Wildman–Crippen MR) is 143 cm³/mol. The number of para-hydroxylation sites is 1. The number of carbonyl (C=O) groups is 1. The first-order valence-corrected chi connectivity index (χ1v) is 12.2. The van der Waals surface area contributed by atoms with E-state index in [1.807, 2.05) is 29.2 Å². The number of benzene rings is 2. The quantitative estimate of drug-likeness (QED) is 0.177. The number of hydrogen-bond acceptors (Lipinski definition) is 6. The molecule has 0 aliphatic carbocycles. The van der Waals surface area contributed by atoms with Crippen molar-refractivity contribution in [1.82, 2.24) is 15.2 Å². The van der Waals surface area contributed by atoms with Gasteiger partial charge in [0.2, 0.25) is 5.91 Å². The van der Waals surface area contributed by atoms with Gasteiger partial charge in [-0.3, -0.25) is 19.9 Å². The molecular weight excluding hydrogens is 509 g/mol. The molecule has 5 rings (SSSR count). The van der Waals surface area contributed by atoms with Gasteiger partial charge in [-0.25, -0.2) is 4.39 Å². The molecule has 0 radical (unpaired) electrons. The molecule has 1 amide bonds. The smallest absolute Gasteiger partial charge is 0.269 e. The van der Waals surface area contributed by atoms with Crippen molar-refractivity contribution in [3.05, 3.63) is 112 Å². The van der Waals surface area contributed by atoms with Crippen LogP contribution in [0, 0.1) is 15.9 Å². The first-order valence-electron chi connectivity index (χ1n) is 11.8. The minimum absolute atomic E-state index is 0.0130. The van der Waals surface area contributed by atoms with Crippen molar-refractivity contribution in [2.45, 2.75) is 18.5 Å². The molecule has 1 aliphatic rings. The van der Waals surface area contributed by atoms with Gasteiger partial charge in [0.25, 0.3) is 5.69 Å². The Hall–Kier alpha value is -4.64. The highest BCUT2D eigenvalue weighted by atomic mass is 32.1. The van der Waals surface area contributed by atoms with E-state index in [9.17, 15) is 19.3 Å². The van der Waals surface area contributed by atoms with E-state index in [1.165, 1.54) is 24.3 Å². The maximum absolute atomic E-state index is 14.0. The van der Waals surface area contributed by atoms with Crippen LogP contribution < -0.4 is 10.6 Å². The number of nitrogens with one attached hydrogen (secondary N) is 2. The Balaban J connectivity index is 1.40. The number of nitro benzene ring substituents is 1. The number of furan rings is 1. The monoisotopic (exact) mass is 531 g/mol. The number of aromatic nitrogens is 1. The molecule has 0 bridgehead atoms. The van der Waals surface area contributed by atoms with E-state index in [4.69, 9.17) is 16.6 Å². The summed E-state index contributed by atoms with van der Waals surface area (Å²) in [5, 5.41) is 17.3. The van der Waals surface area contributed by atoms with Crippen molar-refractivity contribution in [2.75, 3.05) is 11.9 Å². The summed E-state index contributed by atoms with van der Waals surface area (Å²) in [6.07, 6.45) is 1.74. The maximum atomic E-state index is 14.0. The Morgan fingerprint density at radius 1 is 1.11 bits per heavy atom. The molecule has 3 heterocycles. The van der Waals surface area contributed by atoms with E-state index >= 15 is 0 Å². The third-order valence-electron chi connectivity index (χ3n) is 6.21. The number of carbonyl (C=O) groups excluding carboxylic acids is 1. The summed E-state index contributed by atoms with van der Waals surface area (Å²) in [6, 6.07) is 20.5. The van der Waals surface area contributed by atoms with E-state index in [0.29, 0.717) is 22.2 Å². The molecule has 0 spiro atoms. The fourth-order valence-electron chi connectivity index (χ4n) is 4.37. The van der Waals surface area contributed by atoms with Gasteiger partial charge in [-0.05, 0) is 60.7 Å². The summed E-state index contributed by atoms with van der Waals surface area (Å²) in [4.78, 5) is 29.5. The fourth-order valence-corrected chi connectivity index (χ4v) is 4.70. The molecule has 2 atom stereocenters. The van der Waals surface area contributed by atoms with Crippen LogP contribution in [0.1, 0.15) is 30.0 Å². The number of non-ortho nitro benzene ring substituents is 1. The van der Waals surface area contributed by atoms with Crippen LogP contribution in [0.15, 0.2) is 89.5 Å². The fraction of sp³-hybridized carbons (Fsp3) is 0.148. The molecule has 2 aromatic heterocycles. The van der Waals surface area contributed by atoms with Gasteiger partial charge in [-0.15, -0.1) is 0 Å². The third-order valence-corrected chi connectivity index (χ3v) is 6.56. The topological polar surface area (TPSA) is 114 Å². The summed E-state index contributed by atoms with van der Waals surface area (Å²) < 4.78 is 20.2. The number of rotatable bonds is 8. The maximum Gasteiger partial charge on any atom is 0.269 e. The molecule has 192 valence electrons. The average molecular weight is 532 g/mol. The summed E-state index contributed by atoms with van der Waals surface area (Å²) in [6.45, 7) is 0.244. The molecule has 2 unspecified atom stereocenters.